The highest BCUT2D eigenvalue weighted by Crippen LogP contribution is 2.25. The number of fused-ring (bicyclic) bond motifs is 1. The first kappa shape index (κ1) is 16.7. The van der Waals surface area contributed by atoms with Gasteiger partial charge in [0, 0.05) is 18.8 Å². The fourth-order valence-electron chi connectivity index (χ4n) is 2.76. The summed E-state index contributed by atoms with van der Waals surface area (Å²) in [5, 5.41) is 10.2. The lowest BCUT2D eigenvalue weighted by molar-refractivity contribution is 0.302. The van der Waals surface area contributed by atoms with Crippen LogP contribution in [0.4, 0.5) is 5.69 Å². The topological polar surface area (TPSA) is 36.4 Å². The monoisotopic (exact) mass is 338 g/mol. The first-order valence-electron chi connectivity index (χ1n) is 8.21. The number of hydrogen-bond donors (Lipinski definition) is 1. The maximum atomic E-state index is 9.16. The Labute approximate surface area is 146 Å². The summed E-state index contributed by atoms with van der Waals surface area (Å²) in [7, 11) is 0. The molecule has 0 unspecified atom stereocenters. The number of rotatable bonds is 6. The number of aryl methyl sites for hydroxylation is 1. The maximum absolute atomic E-state index is 9.16. The molecule has 3 rings (SSSR count). The molecule has 0 fully saturated rings. The van der Waals surface area contributed by atoms with Gasteiger partial charge in [0.05, 0.1) is 16.8 Å². The summed E-state index contributed by atoms with van der Waals surface area (Å²) in [5.41, 5.74) is 4.62. The molecular formula is C20H22N2OS. The standard InChI is InChI=1S/C20H22N2OS/c1-3-22(12-13-23)17-10-8-16(15(2)14-17)9-11-20-21-18-6-4-5-7-19(18)24-20/h4-11,14,23H,3,12-13H2,1-2H3. The van der Waals surface area contributed by atoms with E-state index >= 15 is 0 Å². The minimum absolute atomic E-state index is 0.173. The van der Waals surface area contributed by atoms with Crippen molar-refractivity contribution in [3.05, 3.63) is 58.6 Å². The fraction of sp³-hybridized carbons (Fsp3) is 0.250. The van der Waals surface area contributed by atoms with Crippen molar-refractivity contribution >= 4 is 39.4 Å². The van der Waals surface area contributed by atoms with E-state index in [-0.39, 0.29) is 6.61 Å². The summed E-state index contributed by atoms with van der Waals surface area (Å²) in [6.07, 6.45) is 4.21. The summed E-state index contributed by atoms with van der Waals surface area (Å²) in [6.45, 7) is 5.95. The second-order valence-electron chi connectivity index (χ2n) is 5.70. The van der Waals surface area contributed by atoms with E-state index in [1.807, 2.05) is 18.2 Å². The number of hydrogen-bond acceptors (Lipinski definition) is 4. The molecular weight excluding hydrogens is 316 g/mol. The molecule has 3 nitrogen and oxygen atoms in total. The summed E-state index contributed by atoms with van der Waals surface area (Å²) in [5.74, 6) is 0. The highest BCUT2D eigenvalue weighted by molar-refractivity contribution is 7.19. The van der Waals surface area contributed by atoms with Crippen LogP contribution in [0.25, 0.3) is 22.4 Å². The number of anilines is 1. The van der Waals surface area contributed by atoms with Crippen molar-refractivity contribution in [2.24, 2.45) is 0 Å². The smallest absolute Gasteiger partial charge is 0.117 e. The maximum Gasteiger partial charge on any atom is 0.117 e. The van der Waals surface area contributed by atoms with Gasteiger partial charge in [-0.05, 0) is 55.3 Å². The Bertz CT molecular complexity index is 821. The molecule has 24 heavy (non-hydrogen) atoms. The van der Waals surface area contributed by atoms with Crippen molar-refractivity contribution in [1.29, 1.82) is 0 Å². The summed E-state index contributed by atoms with van der Waals surface area (Å²) in [6, 6.07) is 14.6. The number of thiazole rings is 1. The highest BCUT2D eigenvalue weighted by Gasteiger charge is 2.05. The van der Waals surface area contributed by atoms with Crippen molar-refractivity contribution in [2.75, 3.05) is 24.6 Å². The van der Waals surface area contributed by atoms with Gasteiger partial charge >= 0.3 is 0 Å². The van der Waals surface area contributed by atoms with Gasteiger partial charge < -0.3 is 10.0 Å². The van der Waals surface area contributed by atoms with Gasteiger partial charge in [0.2, 0.25) is 0 Å². The molecule has 0 spiro atoms. The number of likely N-dealkylation sites (N-methyl/N-ethyl adjacent to an activating group) is 1. The second-order valence-corrected chi connectivity index (χ2v) is 6.76. The lowest BCUT2D eigenvalue weighted by atomic mass is 10.1. The predicted molar refractivity (Wildman–Crippen MR) is 105 cm³/mol. The second kappa shape index (κ2) is 7.60. The molecule has 1 heterocycles. The molecule has 1 N–H and O–H groups in total. The molecule has 2 aromatic carbocycles. The summed E-state index contributed by atoms with van der Waals surface area (Å²) >= 11 is 1.71. The van der Waals surface area contributed by atoms with E-state index in [1.54, 1.807) is 11.3 Å². The number of aliphatic hydroxyl groups excluding tert-OH is 1. The van der Waals surface area contributed by atoms with Crippen LogP contribution in [0.2, 0.25) is 0 Å². The number of nitrogens with zero attached hydrogens (tertiary/aromatic N) is 2. The van der Waals surface area contributed by atoms with Crippen molar-refractivity contribution in [2.45, 2.75) is 13.8 Å². The van der Waals surface area contributed by atoms with Gasteiger partial charge in [-0.25, -0.2) is 4.98 Å². The van der Waals surface area contributed by atoms with E-state index in [0.717, 1.165) is 22.8 Å². The van der Waals surface area contributed by atoms with Crippen molar-refractivity contribution in [3.8, 4) is 0 Å². The van der Waals surface area contributed by atoms with Crippen LogP contribution in [0.3, 0.4) is 0 Å². The molecule has 0 radical (unpaired) electrons. The van der Waals surface area contributed by atoms with Crippen LogP contribution in [0.1, 0.15) is 23.1 Å². The number of aliphatic hydroxyl groups is 1. The first-order valence-corrected chi connectivity index (χ1v) is 9.03. The molecule has 0 aliphatic rings. The van der Waals surface area contributed by atoms with Crippen molar-refractivity contribution in [1.82, 2.24) is 4.98 Å². The SMILES string of the molecule is CCN(CCO)c1ccc(C=Cc2nc3ccccc3s2)c(C)c1. The Morgan fingerprint density at radius 2 is 2.00 bits per heavy atom. The van der Waals surface area contributed by atoms with Gasteiger partial charge in [-0.2, -0.15) is 0 Å². The Morgan fingerprint density at radius 1 is 1.17 bits per heavy atom. The van der Waals surface area contributed by atoms with Crippen molar-refractivity contribution in [3.63, 3.8) is 0 Å². The van der Waals surface area contributed by atoms with Gasteiger partial charge in [0.15, 0.2) is 0 Å². The number of para-hydroxylation sites is 1. The van der Waals surface area contributed by atoms with E-state index in [2.05, 4.69) is 60.1 Å². The fourth-order valence-corrected chi connectivity index (χ4v) is 3.63. The first-order chi connectivity index (χ1) is 11.7. The van der Waals surface area contributed by atoms with Gasteiger partial charge in [0.25, 0.3) is 0 Å². The van der Waals surface area contributed by atoms with Crippen LogP contribution in [-0.4, -0.2) is 29.8 Å². The molecule has 1 aromatic heterocycles. The Hall–Kier alpha value is -2.17. The van der Waals surface area contributed by atoms with Gasteiger partial charge in [0.1, 0.15) is 5.01 Å². The van der Waals surface area contributed by atoms with Crippen LogP contribution < -0.4 is 4.90 Å². The third-order valence-electron chi connectivity index (χ3n) is 4.09. The molecule has 0 atom stereocenters. The normalized spacial score (nSPS) is 11.5. The van der Waals surface area contributed by atoms with E-state index in [0.29, 0.717) is 6.54 Å². The molecule has 0 saturated heterocycles. The average Bonchev–Trinajstić information content (AvgIpc) is 3.01. The quantitative estimate of drug-likeness (QED) is 0.714. The van der Waals surface area contributed by atoms with Gasteiger partial charge in [-0.15, -0.1) is 11.3 Å². The molecule has 4 heteroatoms. The van der Waals surface area contributed by atoms with Gasteiger partial charge in [-0.3, -0.25) is 0 Å². The van der Waals surface area contributed by atoms with E-state index in [1.165, 1.54) is 15.8 Å². The molecule has 0 saturated carbocycles. The van der Waals surface area contributed by atoms with E-state index < -0.39 is 0 Å². The third kappa shape index (κ3) is 3.66. The highest BCUT2D eigenvalue weighted by atomic mass is 32.1. The van der Waals surface area contributed by atoms with Crippen molar-refractivity contribution < 1.29 is 5.11 Å². The lowest BCUT2D eigenvalue weighted by Gasteiger charge is -2.22. The van der Waals surface area contributed by atoms with E-state index in [4.69, 9.17) is 5.11 Å². The molecule has 124 valence electrons. The lowest BCUT2D eigenvalue weighted by Crippen LogP contribution is -2.26. The average molecular weight is 338 g/mol. The summed E-state index contributed by atoms with van der Waals surface area (Å²) < 4.78 is 1.21. The zero-order valence-electron chi connectivity index (χ0n) is 14.1. The van der Waals surface area contributed by atoms with Crippen LogP contribution in [0.15, 0.2) is 42.5 Å². The number of aromatic nitrogens is 1. The minimum Gasteiger partial charge on any atom is -0.395 e. The molecule has 0 amide bonds. The molecule has 0 aliphatic carbocycles. The Kier molecular flexibility index (Phi) is 5.28. The van der Waals surface area contributed by atoms with Crippen LogP contribution in [0, 0.1) is 6.92 Å². The number of benzene rings is 2. The minimum atomic E-state index is 0.173. The zero-order chi connectivity index (χ0) is 16.9. The Balaban J connectivity index is 1.81. The molecule has 0 aliphatic heterocycles. The molecule has 0 bridgehead atoms. The molecule has 3 aromatic rings. The predicted octanol–water partition coefficient (Wildman–Crippen LogP) is 4.59. The Morgan fingerprint density at radius 3 is 2.71 bits per heavy atom. The largest absolute Gasteiger partial charge is 0.395 e. The van der Waals surface area contributed by atoms with Crippen LogP contribution in [0.5, 0.6) is 0 Å². The third-order valence-corrected chi connectivity index (χ3v) is 5.09. The van der Waals surface area contributed by atoms with Crippen LogP contribution in [-0.2, 0) is 0 Å². The van der Waals surface area contributed by atoms with Gasteiger partial charge in [-0.1, -0.05) is 24.3 Å². The van der Waals surface area contributed by atoms with Crippen LogP contribution >= 0.6 is 11.3 Å². The van der Waals surface area contributed by atoms with E-state index in [9.17, 15) is 0 Å². The zero-order valence-corrected chi connectivity index (χ0v) is 14.9. The summed E-state index contributed by atoms with van der Waals surface area (Å²) in [4.78, 5) is 6.81.